The van der Waals surface area contributed by atoms with Crippen LogP contribution in [0.15, 0.2) is 47.6 Å². The van der Waals surface area contributed by atoms with E-state index in [1.165, 1.54) is 24.3 Å². The maximum Gasteiger partial charge on any atom is 0.330 e. The second-order valence-corrected chi connectivity index (χ2v) is 7.54. The number of ether oxygens (including phenoxy) is 1. The Kier molecular flexibility index (Phi) is 6.83. The Balaban J connectivity index is 2.38. The van der Waals surface area contributed by atoms with Gasteiger partial charge in [-0.2, -0.15) is 0 Å². The van der Waals surface area contributed by atoms with Crippen molar-refractivity contribution < 1.29 is 14.6 Å². The van der Waals surface area contributed by atoms with Crippen molar-refractivity contribution in [2.45, 2.75) is 46.6 Å². The molecule has 2 aliphatic rings. The number of esters is 1. The average Bonchev–Trinajstić information content (AvgIpc) is 2.60. The first kappa shape index (κ1) is 19.7. The number of hydrogen-bond acceptors (Lipinski definition) is 3. The SMILES string of the molecule is CC=C(C)C1C(C)=C[C@@H]2[C@H]([C@@H]1C=CC=CC(=O)OC)[C@@H](C)CC[C@@H]2O. The summed E-state index contributed by atoms with van der Waals surface area (Å²) in [5.74, 6) is 1.58. The zero-order valence-corrected chi connectivity index (χ0v) is 16.1. The molecule has 0 spiro atoms. The van der Waals surface area contributed by atoms with Crippen molar-refractivity contribution in [2.24, 2.45) is 29.6 Å². The van der Waals surface area contributed by atoms with Crippen LogP contribution in [0, 0.1) is 29.6 Å². The standard InChI is InChI=1S/C22H32O3/c1-6-14(2)21-16(4)13-18-19(23)12-11-15(3)22(18)17(21)9-7-8-10-20(24)25-5/h6-10,13,15,17-19,21-23H,11-12H2,1-5H3/t15-,17+,18-,19-,21?,22-/m0/s1. The highest BCUT2D eigenvalue weighted by molar-refractivity contribution is 5.82. The summed E-state index contributed by atoms with van der Waals surface area (Å²) in [5, 5.41) is 10.6. The van der Waals surface area contributed by atoms with Crippen molar-refractivity contribution in [3.8, 4) is 0 Å². The molecule has 1 N–H and O–H groups in total. The largest absolute Gasteiger partial charge is 0.466 e. The molecule has 1 unspecified atom stereocenters. The molecule has 3 heteroatoms. The van der Waals surface area contributed by atoms with Crippen LogP contribution in [0.4, 0.5) is 0 Å². The fraction of sp³-hybridized carbons (Fsp3) is 0.591. The topological polar surface area (TPSA) is 46.5 Å². The van der Waals surface area contributed by atoms with Gasteiger partial charge in [-0.1, -0.05) is 48.5 Å². The summed E-state index contributed by atoms with van der Waals surface area (Å²) in [6.45, 7) is 8.78. The predicted octanol–water partition coefficient (Wildman–Crippen LogP) is 4.45. The summed E-state index contributed by atoms with van der Waals surface area (Å²) < 4.78 is 4.64. The van der Waals surface area contributed by atoms with E-state index in [-0.39, 0.29) is 18.0 Å². The lowest BCUT2D eigenvalue weighted by Gasteiger charge is -2.48. The molecule has 1 fully saturated rings. The third kappa shape index (κ3) is 4.33. The first-order valence-electron chi connectivity index (χ1n) is 9.32. The molecule has 0 bridgehead atoms. The molecule has 2 aliphatic carbocycles. The van der Waals surface area contributed by atoms with Crippen molar-refractivity contribution in [3.05, 3.63) is 47.6 Å². The summed E-state index contributed by atoms with van der Waals surface area (Å²) >= 11 is 0. The number of carbonyl (C=O) groups excluding carboxylic acids is 1. The molecule has 0 aromatic heterocycles. The highest BCUT2D eigenvalue weighted by Gasteiger charge is 2.45. The van der Waals surface area contributed by atoms with E-state index in [4.69, 9.17) is 0 Å². The first-order chi connectivity index (χ1) is 11.9. The van der Waals surface area contributed by atoms with E-state index in [9.17, 15) is 9.90 Å². The Morgan fingerprint density at radius 3 is 2.68 bits per heavy atom. The van der Waals surface area contributed by atoms with Gasteiger partial charge in [0.1, 0.15) is 0 Å². The minimum Gasteiger partial charge on any atom is -0.466 e. The molecule has 25 heavy (non-hydrogen) atoms. The highest BCUT2D eigenvalue weighted by Crippen LogP contribution is 2.50. The van der Waals surface area contributed by atoms with Crippen LogP contribution in [0.25, 0.3) is 0 Å². The lowest BCUT2D eigenvalue weighted by Crippen LogP contribution is -2.45. The summed E-state index contributed by atoms with van der Waals surface area (Å²) in [6.07, 6.45) is 13.6. The predicted molar refractivity (Wildman–Crippen MR) is 102 cm³/mol. The number of allylic oxidation sites excluding steroid dienone is 6. The highest BCUT2D eigenvalue weighted by atomic mass is 16.5. The van der Waals surface area contributed by atoms with Crippen LogP contribution >= 0.6 is 0 Å². The van der Waals surface area contributed by atoms with Gasteiger partial charge in [-0.15, -0.1) is 0 Å². The molecule has 0 aromatic rings. The van der Waals surface area contributed by atoms with Crippen molar-refractivity contribution in [1.82, 2.24) is 0 Å². The Morgan fingerprint density at radius 2 is 2.04 bits per heavy atom. The van der Waals surface area contributed by atoms with Crippen LogP contribution in [-0.2, 0) is 9.53 Å². The molecule has 3 nitrogen and oxygen atoms in total. The average molecular weight is 344 g/mol. The molecule has 0 aliphatic heterocycles. The molecular weight excluding hydrogens is 312 g/mol. The van der Waals surface area contributed by atoms with Gasteiger partial charge in [0.05, 0.1) is 13.2 Å². The number of methoxy groups -OCH3 is 1. The molecule has 0 aromatic carbocycles. The van der Waals surface area contributed by atoms with E-state index in [0.29, 0.717) is 23.7 Å². The summed E-state index contributed by atoms with van der Waals surface area (Å²) in [6, 6.07) is 0. The van der Waals surface area contributed by atoms with Gasteiger partial charge in [0.15, 0.2) is 0 Å². The van der Waals surface area contributed by atoms with Crippen LogP contribution in [0.3, 0.4) is 0 Å². The minimum atomic E-state index is -0.343. The van der Waals surface area contributed by atoms with Gasteiger partial charge >= 0.3 is 5.97 Å². The van der Waals surface area contributed by atoms with Crippen LogP contribution in [-0.4, -0.2) is 24.3 Å². The van der Waals surface area contributed by atoms with E-state index >= 15 is 0 Å². The van der Waals surface area contributed by atoms with E-state index in [1.807, 2.05) is 6.08 Å². The molecular formula is C22H32O3. The Morgan fingerprint density at radius 1 is 1.32 bits per heavy atom. The van der Waals surface area contributed by atoms with Gasteiger partial charge in [0.2, 0.25) is 0 Å². The first-order valence-corrected chi connectivity index (χ1v) is 9.32. The fourth-order valence-corrected chi connectivity index (χ4v) is 4.72. The Hall–Kier alpha value is -1.61. The van der Waals surface area contributed by atoms with Gasteiger partial charge in [-0.05, 0) is 51.4 Å². The third-order valence-corrected chi connectivity index (χ3v) is 6.06. The molecule has 0 saturated heterocycles. The van der Waals surface area contributed by atoms with Gasteiger partial charge in [-0.25, -0.2) is 4.79 Å². The number of fused-ring (bicyclic) bond motifs is 1. The summed E-state index contributed by atoms with van der Waals surface area (Å²) in [7, 11) is 1.38. The van der Waals surface area contributed by atoms with Gasteiger partial charge < -0.3 is 9.84 Å². The maximum atomic E-state index is 11.3. The van der Waals surface area contributed by atoms with Gasteiger partial charge in [-0.3, -0.25) is 0 Å². The van der Waals surface area contributed by atoms with Crippen LogP contribution < -0.4 is 0 Å². The molecule has 1 saturated carbocycles. The third-order valence-electron chi connectivity index (χ3n) is 6.06. The monoisotopic (exact) mass is 344 g/mol. The minimum absolute atomic E-state index is 0.226. The van der Waals surface area contributed by atoms with Gasteiger partial charge in [0.25, 0.3) is 0 Å². The zero-order chi connectivity index (χ0) is 18.6. The molecule has 0 amide bonds. The second-order valence-electron chi connectivity index (χ2n) is 7.54. The van der Waals surface area contributed by atoms with Crippen LogP contribution in [0.2, 0.25) is 0 Å². The summed E-state index contributed by atoms with van der Waals surface area (Å²) in [4.78, 5) is 11.3. The van der Waals surface area contributed by atoms with Crippen molar-refractivity contribution in [2.75, 3.05) is 7.11 Å². The molecule has 138 valence electrons. The number of hydrogen-bond donors (Lipinski definition) is 1. The van der Waals surface area contributed by atoms with E-state index in [0.717, 1.165) is 12.8 Å². The smallest absolute Gasteiger partial charge is 0.330 e. The second kappa shape index (κ2) is 8.66. The fourth-order valence-electron chi connectivity index (χ4n) is 4.72. The molecule has 0 radical (unpaired) electrons. The molecule has 2 rings (SSSR count). The van der Waals surface area contributed by atoms with Crippen molar-refractivity contribution in [1.29, 1.82) is 0 Å². The lowest BCUT2D eigenvalue weighted by atomic mass is 9.57. The number of carbonyl (C=O) groups is 1. The number of rotatable bonds is 4. The quantitative estimate of drug-likeness (QED) is 0.355. The lowest BCUT2D eigenvalue weighted by molar-refractivity contribution is -0.134. The summed E-state index contributed by atoms with van der Waals surface area (Å²) in [5.41, 5.74) is 2.71. The normalized spacial score (nSPS) is 36.4. The van der Waals surface area contributed by atoms with E-state index in [1.54, 1.807) is 6.08 Å². The Bertz CT molecular complexity index is 596. The van der Waals surface area contributed by atoms with E-state index < -0.39 is 0 Å². The van der Waals surface area contributed by atoms with Crippen LogP contribution in [0.1, 0.15) is 40.5 Å². The zero-order valence-electron chi connectivity index (χ0n) is 16.1. The van der Waals surface area contributed by atoms with Crippen LogP contribution in [0.5, 0.6) is 0 Å². The Labute approximate surface area is 152 Å². The van der Waals surface area contributed by atoms with E-state index in [2.05, 4.69) is 50.7 Å². The number of aliphatic hydroxyl groups excluding tert-OH is 1. The van der Waals surface area contributed by atoms with Crippen molar-refractivity contribution in [3.63, 3.8) is 0 Å². The molecule has 6 atom stereocenters. The van der Waals surface area contributed by atoms with Gasteiger partial charge in [0, 0.05) is 17.9 Å². The number of aliphatic hydroxyl groups is 1. The van der Waals surface area contributed by atoms with Crippen molar-refractivity contribution >= 4 is 5.97 Å². The maximum absolute atomic E-state index is 11.3. The molecule has 0 heterocycles.